The summed E-state index contributed by atoms with van der Waals surface area (Å²) in [5, 5.41) is 24.4. The summed E-state index contributed by atoms with van der Waals surface area (Å²) in [5.74, 6) is -1.92. The van der Waals surface area contributed by atoms with E-state index in [4.69, 9.17) is 0 Å². The summed E-state index contributed by atoms with van der Waals surface area (Å²) in [6.45, 7) is 2.76. The van der Waals surface area contributed by atoms with Crippen LogP contribution in [0, 0.1) is 11.6 Å². The summed E-state index contributed by atoms with van der Waals surface area (Å²) in [4.78, 5) is 12.9. The van der Waals surface area contributed by atoms with Gasteiger partial charge >= 0.3 is 0 Å². The van der Waals surface area contributed by atoms with E-state index in [1.807, 2.05) is 12.1 Å². The van der Waals surface area contributed by atoms with Gasteiger partial charge in [0.25, 0.3) is 5.91 Å². The van der Waals surface area contributed by atoms with Crippen molar-refractivity contribution in [2.24, 2.45) is 0 Å². The third-order valence-electron chi connectivity index (χ3n) is 5.76. The number of carbonyl (C=O) groups excluding carboxylic acids is 1. The number of aliphatic hydroxyl groups excluding tert-OH is 1. The van der Waals surface area contributed by atoms with Gasteiger partial charge in [-0.2, -0.15) is 0 Å². The molecule has 0 radical (unpaired) electrons. The Balaban J connectivity index is 1.47. The number of nitrogens with one attached hydrogen (secondary N) is 2. The standard InChI is InChI=1S/C26H26F2N4O3/c1-2-16-4-3-5-17(8-16)14-29-15-25(33)24(11-18-9-20(27)13-21(28)10-18)30-26(34)19-6-7-22-23(12-19)32-35-31-22/h3-10,12-13,24-25,29,33H,2,11,14-15H2,1H3,(H,30,34)/t24-,25-/m0/s1. The first kappa shape index (κ1) is 24.4. The Labute approximate surface area is 201 Å². The van der Waals surface area contributed by atoms with Crippen LogP contribution in [0.3, 0.4) is 0 Å². The molecule has 0 saturated carbocycles. The molecule has 7 nitrogen and oxygen atoms in total. The van der Waals surface area contributed by atoms with Crippen molar-refractivity contribution < 1.29 is 23.3 Å². The van der Waals surface area contributed by atoms with E-state index in [1.165, 1.54) is 23.8 Å². The van der Waals surface area contributed by atoms with Gasteiger partial charge < -0.3 is 15.7 Å². The van der Waals surface area contributed by atoms with Crippen LogP contribution in [0.5, 0.6) is 0 Å². The summed E-state index contributed by atoms with van der Waals surface area (Å²) < 4.78 is 32.2. The predicted octanol–water partition coefficient (Wildman–Crippen LogP) is 3.56. The minimum Gasteiger partial charge on any atom is -0.390 e. The summed E-state index contributed by atoms with van der Waals surface area (Å²) in [6, 6.07) is 15.1. The van der Waals surface area contributed by atoms with Crippen LogP contribution < -0.4 is 10.6 Å². The Bertz CT molecular complexity index is 1290. The molecule has 0 spiro atoms. The highest BCUT2D eigenvalue weighted by atomic mass is 19.1. The molecule has 4 rings (SSSR count). The summed E-state index contributed by atoms with van der Waals surface area (Å²) in [5.41, 5.74) is 3.81. The number of hydrogen-bond donors (Lipinski definition) is 3. The van der Waals surface area contributed by atoms with Crippen LogP contribution in [0.4, 0.5) is 8.78 Å². The number of halogens is 2. The molecule has 4 aromatic rings. The van der Waals surface area contributed by atoms with Gasteiger partial charge in [-0.15, -0.1) is 0 Å². The second-order valence-electron chi connectivity index (χ2n) is 8.40. The molecule has 0 saturated heterocycles. The Morgan fingerprint density at radius 1 is 0.971 bits per heavy atom. The lowest BCUT2D eigenvalue weighted by molar-refractivity contribution is 0.0830. The highest BCUT2D eigenvalue weighted by Gasteiger charge is 2.23. The van der Waals surface area contributed by atoms with Gasteiger partial charge in [0.2, 0.25) is 0 Å². The largest absolute Gasteiger partial charge is 0.390 e. The molecule has 0 aliphatic rings. The molecule has 0 aliphatic carbocycles. The van der Waals surface area contributed by atoms with E-state index >= 15 is 0 Å². The first-order chi connectivity index (χ1) is 16.9. The van der Waals surface area contributed by atoms with E-state index in [1.54, 1.807) is 12.1 Å². The molecule has 2 atom stereocenters. The zero-order valence-corrected chi connectivity index (χ0v) is 19.2. The number of carbonyl (C=O) groups is 1. The molecule has 0 bridgehead atoms. The highest BCUT2D eigenvalue weighted by molar-refractivity contribution is 5.97. The maximum atomic E-state index is 13.8. The van der Waals surface area contributed by atoms with E-state index < -0.39 is 29.7 Å². The van der Waals surface area contributed by atoms with E-state index in [-0.39, 0.29) is 13.0 Å². The number of benzene rings is 3. The first-order valence-corrected chi connectivity index (χ1v) is 11.4. The van der Waals surface area contributed by atoms with Crippen molar-refractivity contribution in [3.05, 3.63) is 94.6 Å². The van der Waals surface area contributed by atoms with Crippen LogP contribution in [0.25, 0.3) is 11.0 Å². The second kappa shape index (κ2) is 11.2. The average Bonchev–Trinajstić information content (AvgIpc) is 3.31. The van der Waals surface area contributed by atoms with Crippen molar-refractivity contribution >= 4 is 16.9 Å². The Kier molecular flexibility index (Phi) is 7.79. The maximum Gasteiger partial charge on any atom is 0.251 e. The number of hydrogen-bond acceptors (Lipinski definition) is 6. The number of aliphatic hydroxyl groups is 1. The number of nitrogens with zero attached hydrogens (tertiary/aromatic N) is 2. The molecule has 0 fully saturated rings. The molecule has 0 aliphatic heterocycles. The molecule has 1 heterocycles. The Morgan fingerprint density at radius 3 is 2.49 bits per heavy atom. The number of aryl methyl sites for hydroxylation is 1. The topological polar surface area (TPSA) is 100 Å². The van der Waals surface area contributed by atoms with Crippen LogP contribution >= 0.6 is 0 Å². The van der Waals surface area contributed by atoms with Gasteiger partial charge in [-0.1, -0.05) is 31.2 Å². The van der Waals surface area contributed by atoms with Gasteiger partial charge in [0, 0.05) is 24.7 Å². The number of aromatic nitrogens is 2. The maximum absolute atomic E-state index is 13.8. The lowest BCUT2D eigenvalue weighted by Gasteiger charge is -2.25. The molecular weight excluding hydrogens is 454 g/mol. The fraction of sp³-hybridized carbons (Fsp3) is 0.269. The number of fused-ring (bicyclic) bond motifs is 1. The van der Waals surface area contributed by atoms with Crippen molar-refractivity contribution in [3.8, 4) is 0 Å². The fourth-order valence-electron chi connectivity index (χ4n) is 3.91. The van der Waals surface area contributed by atoms with Gasteiger partial charge in [0.05, 0.1) is 12.1 Å². The van der Waals surface area contributed by atoms with E-state index in [0.717, 1.165) is 18.1 Å². The van der Waals surface area contributed by atoms with Crippen LogP contribution in [-0.4, -0.2) is 40.0 Å². The molecule has 9 heteroatoms. The van der Waals surface area contributed by atoms with Gasteiger partial charge in [-0.05, 0) is 70.2 Å². The molecule has 35 heavy (non-hydrogen) atoms. The number of amides is 1. The zero-order chi connectivity index (χ0) is 24.8. The molecule has 182 valence electrons. The molecule has 0 unspecified atom stereocenters. The van der Waals surface area contributed by atoms with Crippen molar-refractivity contribution in [1.82, 2.24) is 20.9 Å². The smallest absolute Gasteiger partial charge is 0.251 e. The minimum atomic E-state index is -1.03. The van der Waals surface area contributed by atoms with E-state index in [2.05, 4.69) is 44.6 Å². The van der Waals surface area contributed by atoms with E-state index in [9.17, 15) is 18.7 Å². The van der Waals surface area contributed by atoms with Crippen LogP contribution in [0.2, 0.25) is 0 Å². The number of rotatable bonds is 10. The molecule has 3 aromatic carbocycles. The summed E-state index contributed by atoms with van der Waals surface area (Å²) in [7, 11) is 0. The highest BCUT2D eigenvalue weighted by Crippen LogP contribution is 2.15. The van der Waals surface area contributed by atoms with Crippen molar-refractivity contribution in [3.63, 3.8) is 0 Å². The molecule has 1 amide bonds. The lowest BCUT2D eigenvalue weighted by Crippen LogP contribution is -2.48. The monoisotopic (exact) mass is 480 g/mol. The van der Waals surface area contributed by atoms with E-state index in [0.29, 0.717) is 28.7 Å². The third-order valence-corrected chi connectivity index (χ3v) is 5.76. The van der Waals surface area contributed by atoms with Gasteiger partial charge in [-0.3, -0.25) is 4.79 Å². The fourth-order valence-corrected chi connectivity index (χ4v) is 3.91. The Hall–Kier alpha value is -3.69. The minimum absolute atomic E-state index is 0.0301. The summed E-state index contributed by atoms with van der Waals surface area (Å²) in [6.07, 6.45) is -0.0788. The SMILES string of the molecule is CCc1cccc(CNC[C@H](O)[C@H](Cc2cc(F)cc(F)c2)NC(=O)c2ccc3nonc3c2)c1. The Morgan fingerprint density at radius 2 is 1.71 bits per heavy atom. The van der Waals surface area contributed by atoms with Gasteiger partial charge in [-0.25, -0.2) is 13.4 Å². The molecule has 3 N–H and O–H groups in total. The zero-order valence-electron chi connectivity index (χ0n) is 19.2. The van der Waals surface area contributed by atoms with Crippen LogP contribution in [0.15, 0.2) is 65.3 Å². The second-order valence-corrected chi connectivity index (χ2v) is 8.40. The van der Waals surface area contributed by atoms with Crippen molar-refractivity contribution in [1.29, 1.82) is 0 Å². The molecule has 1 aromatic heterocycles. The normalized spacial score (nSPS) is 13.0. The first-order valence-electron chi connectivity index (χ1n) is 11.4. The molecular formula is C26H26F2N4O3. The van der Waals surface area contributed by atoms with Gasteiger partial charge in [0.15, 0.2) is 0 Å². The van der Waals surface area contributed by atoms with Crippen molar-refractivity contribution in [2.45, 2.75) is 38.5 Å². The predicted molar refractivity (Wildman–Crippen MR) is 127 cm³/mol. The average molecular weight is 481 g/mol. The van der Waals surface area contributed by atoms with Gasteiger partial charge in [0.1, 0.15) is 22.7 Å². The van der Waals surface area contributed by atoms with Crippen molar-refractivity contribution in [2.75, 3.05) is 6.54 Å². The van der Waals surface area contributed by atoms with Crippen LogP contribution in [0.1, 0.15) is 34.0 Å². The quantitative estimate of drug-likeness (QED) is 0.321. The summed E-state index contributed by atoms with van der Waals surface area (Å²) >= 11 is 0. The third kappa shape index (κ3) is 6.46. The van der Waals surface area contributed by atoms with Crippen LogP contribution in [-0.2, 0) is 19.4 Å². The lowest BCUT2D eigenvalue weighted by atomic mass is 10.00.